The van der Waals surface area contributed by atoms with Gasteiger partial charge in [0.1, 0.15) is 5.82 Å². The Labute approximate surface area is 120 Å². The third-order valence-electron chi connectivity index (χ3n) is 4.62. The molecule has 2 aliphatic rings. The summed E-state index contributed by atoms with van der Waals surface area (Å²) < 4.78 is 2.12. The maximum atomic E-state index is 12.5. The summed E-state index contributed by atoms with van der Waals surface area (Å²) in [6, 6.07) is 0.765. The number of imidazole rings is 1. The highest BCUT2D eigenvalue weighted by Crippen LogP contribution is 2.25. The van der Waals surface area contributed by atoms with Crippen molar-refractivity contribution in [3.8, 4) is 0 Å². The molecule has 0 spiro atoms. The molecular weight excluding hydrogens is 252 g/mol. The molecular formula is C15H24N4O. The largest absolute Gasteiger partial charge is 0.344 e. The zero-order chi connectivity index (χ0) is 14.1. The first-order valence-electron chi connectivity index (χ1n) is 7.60. The third kappa shape index (κ3) is 2.87. The van der Waals surface area contributed by atoms with E-state index in [0.717, 1.165) is 44.3 Å². The lowest BCUT2D eigenvalue weighted by Crippen LogP contribution is -2.41. The van der Waals surface area contributed by atoms with E-state index in [4.69, 9.17) is 0 Å². The Morgan fingerprint density at radius 2 is 2.15 bits per heavy atom. The van der Waals surface area contributed by atoms with Crippen LogP contribution in [0.1, 0.15) is 25.1 Å². The van der Waals surface area contributed by atoms with Crippen LogP contribution in [0.25, 0.3) is 0 Å². The first-order chi connectivity index (χ1) is 9.65. The van der Waals surface area contributed by atoms with E-state index in [-0.39, 0.29) is 11.8 Å². The van der Waals surface area contributed by atoms with Crippen molar-refractivity contribution in [3.05, 3.63) is 18.2 Å². The quantitative estimate of drug-likeness (QED) is 0.805. The number of nitrogens with zero attached hydrogens (tertiary/aromatic N) is 4. The fourth-order valence-electron chi connectivity index (χ4n) is 3.00. The van der Waals surface area contributed by atoms with Crippen LogP contribution in [0.3, 0.4) is 0 Å². The number of hydrogen-bond donors (Lipinski definition) is 0. The summed E-state index contributed by atoms with van der Waals surface area (Å²) in [7, 11) is 4.10. The average Bonchev–Trinajstić information content (AvgIpc) is 3.21. The van der Waals surface area contributed by atoms with Crippen LogP contribution in [0.5, 0.6) is 0 Å². The van der Waals surface area contributed by atoms with Crippen LogP contribution in [0.4, 0.5) is 0 Å². The molecule has 1 amide bonds. The molecule has 0 radical (unpaired) electrons. The van der Waals surface area contributed by atoms with Gasteiger partial charge in [-0.25, -0.2) is 4.98 Å². The molecule has 3 rings (SSSR count). The highest BCUT2D eigenvalue weighted by atomic mass is 16.2. The second-order valence-corrected chi connectivity index (χ2v) is 6.20. The minimum atomic E-state index is 0.118. The van der Waals surface area contributed by atoms with E-state index >= 15 is 0 Å². The first-order valence-corrected chi connectivity index (χ1v) is 7.60. The van der Waals surface area contributed by atoms with E-state index in [0.29, 0.717) is 0 Å². The number of fused-ring (bicyclic) bond motifs is 1. The van der Waals surface area contributed by atoms with Crippen molar-refractivity contribution in [2.45, 2.75) is 38.3 Å². The van der Waals surface area contributed by atoms with E-state index in [9.17, 15) is 4.79 Å². The lowest BCUT2D eigenvalue weighted by Gasteiger charge is -2.28. The lowest BCUT2D eigenvalue weighted by atomic mass is 9.98. The Hall–Kier alpha value is -1.36. The molecule has 1 aliphatic carbocycles. The molecule has 2 heterocycles. The maximum absolute atomic E-state index is 12.5. The van der Waals surface area contributed by atoms with Crippen LogP contribution in [0.15, 0.2) is 12.4 Å². The van der Waals surface area contributed by atoms with Gasteiger partial charge in [-0.15, -0.1) is 0 Å². The van der Waals surface area contributed by atoms with Crippen LogP contribution in [-0.2, 0) is 17.8 Å². The number of rotatable bonds is 5. The molecule has 0 aromatic carbocycles. The summed E-state index contributed by atoms with van der Waals surface area (Å²) in [6.45, 7) is 2.60. The first kappa shape index (κ1) is 13.6. The second kappa shape index (κ2) is 5.56. The molecule has 1 aromatic rings. The Morgan fingerprint density at radius 1 is 1.35 bits per heavy atom. The molecule has 1 atom stereocenters. The minimum Gasteiger partial charge on any atom is -0.344 e. The van der Waals surface area contributed by atoms with Gasteiger partial charge in [0.25, 0.3) is 0 Å². The molecule has 20 heavy (non-hydrogen) atoms. The predicted octanol–water partition coefficient (Wildman–Crippen LogP) is 0.998. The summed E-state index contributed by atoms with van der Waals surface area (Å²) in [4.78, 5) is 21.1. The second-order valence-electron chi connectivity index (χ2n) is 6.20. The summed E-state index contributed by atoms with van der Waals surface area (Å²) in [5, 5.41) is 0. The van der Waals surface area contributed by atoms with Gasteiger partial charge in [0.15, 0.2) is 0 Å². The molecule has 1 aliphatic heterocycles. The van der Waals surface area contributed by atoms with E-state index in [1.807, 2.05) is 24.3 Å². The molecule has 1 saturated carbocycles. The summed E-state index contributed by atoms with van der Waals surface area (Å²) in [6.07, 6.45) is 8.30. The molecule has 5 heteroatoms. The van der Waals surface area contributed by atoms with E-state index in [2.05, 4.69) is 21.5 Å². The molecule has 0 saturated heterocycles. The predicted molar refractivity (Wildman–Crippen MR) is 77.3 cm³/mol. The number of amides is 1. The number of aryl methyl sites for hydroxylation is 1. The van der Waals surface area contributed by atoms with Crippen LogP contribution in [-0.4, -0.2) is 58.5 Å². The zero-order valence-corrected chi connectivity index (χ0v) is 12.5. The van der Waals surface area contributed by atoms with Gasteiger partial charge in [-0.05, 0) is 26.3 Å². The Kier molecular flexibility index (Phi) is 3.78. The number of likely N-dealkylation sites (N-methyl/N-ethyl adjacent to an activating group) is 2. The fraction of sp³-hybridized carbons (Fsp3) is 0.733. The van der Waals surface area contributed by atoms with Crippen LogP contribution in [0.2, 0.25) is 0 Å². The van der Waals surface area contributed by atoms with Gasteiger partial charge < -0.3 is 14.4 Å². The minimum absolute atomic E-state index is 0.118. The van der Waals surface area contributed by atoms with Gasteiger partial charge >= 0.3 is 0 Å². The number of carbonyl (C=O) groups excluding carboxylic acids is 1. The monoisotopic (exact) mass is 276 g/mol. The third-order valence-corrected chi connectivity index (χ3v) is 4.62. The van der Waals surface area contributed by atoms with Gasteiger partial charge in [-0.2, -0.15) is 0 Å². The lowest BCUT2D eigenvalue weighted by molar-refractivity contribution is -0.135. The highest BCUT2D eigenvalue weighted by Gasteiger charge is 2.29. The zero-order valence-electron chi connectivity index (χ0n) is 12.5. The topological polar surface area (TPSA) is 41.4 Å². The van der Waals surface area contributed by atoms with Gasteiger partial charge in [-0.1, -0.05) is 0 Å². The van der Waals surface area contributed by atoms with Crippen LogP contribution < -0.4 is 0 Å². The number of carbonyl (C=O) groups is 1. The van der Waals surface area contributed by atoms with Crippen molar-refractivity contribution >= 4 is 5.91 Å². The highest BCUT2D eigenvalue weighted by molar-refractivity contribution is 5.78. The normalized spacial score (nSPS) is 21.9. The molecule has 5 nitrogen and oxygen atoms in total. The molecule has 1 aromatic heterocycles. The Balaban J connectivity index is 1.50. The summed E-state index contributed by atoms with van der Waals surface area (Å²) >= 11 is 0. The van der Waals surface area contributed by atoms with Crippen molar-refractivity contribution in [1.82, 2.24) is 19.4 Å². The van der Waals surface area contributed by atoms with Crippen LogP contribution in [0, 0.1) is 5.92 Å². The van der Waals surface area contributed by atoms with Crippen molar-refractivity contribution in [1.29, 1.82) is 0 Å². The molecule has 0 bridgehead atoms. The summed E-state index contributed by atoms with van der Waals surface area (Å²) in [5.74, 6) is 1.52. The van der Waals surface area contributed by atoms with Crippen molar-refractivity contribution in [2.75, 3.05) is 27.2 Å². The smallest absolute Gasteiger partial charge is 0.227 e. The Morgan fingerprint density at radius 3 is 2.90 bits per heavy atom. The molecule has 0 unspecified atom stereocenters. The SMILES string of the molecule is CN(CCN(C)C1CC1)C(=O)[C@H]1CCc2nccn2C1. The molecule has 0 N–H and O–H groups in total. The van der Waals surface area contributed by atoms with Crippen molar-refractivity contribution in [3.63, 3.8) is 0 Å². The van der Waals surface area contributed by atoms with Gasteiger partial charge in [-0.3, -0.25) is 4.79 Å². The average molecular weight is 276 g/mol. The van der Waals surface area contributed by atoms with Crippen LogP contribution >= 0.6 is 0 Å². The molecule has 1 fully saturated rings. The fourth-order valence-corrected chi connectivity index (χ4v) is 3.00. The van der Waals surface area contributed by atoms with Crippen molar-refractivity contribution < 1.29 is 4.79 Å². The van der Waals surface area contributed by atoms with Crippen molar-refractivity contribution in [2.24, 2.45) is 5.92 Å². The molecule has 110 valence electrons. The van der Waals surface area contributed by atoms with E-state index in [1.165, 1.54) is 12.8 Å². The van der Waals surface area contributed by atoms with Gasteiger partial charge in [0.2, 0.25) is 5.91 Å². The number of hydrogen-bond acceptors (Lipinski definition) is 3. The van der Waals surface area contributed by atoms with E-state index in [1.54, 1.807) is 0 Å². The number of aromatic nitrogens is 2. The summed E-state index contributed by atoms with van der Waals surface area (Å²) in [5.41, 5.74) is 0. The maximum Gasteiger partial charge on any atom is 0.227 e. The Bertz CT molecular complexity index is 480. The van der Waals surface area contributed by atoms with Gasteiger partial charge in [0.05, 0.1) is 5.92 Å². The van der Waals surface area contributed by atoms with E-state index < -0.39 is 0 Å². The standard InChI is InChI=1S/C15H24N4O/c1-17(13-4-5-13)9-10-18(2)15(20)12-3-6-14-16-7-8-19(14)11-12/h7-8,12-13H,3-6,9-11H2,1-2H3/t12-/m0/s1. The van der Waals surface area contributed by atoms with Gasteiger partial charge in [0, 0.05) is 51.5 Å².